The first-order chi connectivity index (χ1) is 17.8. The van der Waals surface area contributed by atoms with E-state index >= 15 is 0 Å². The second-order valence-corrected chi connectivity index (χ2v) is 11.1. The van der Waals surface area contributed by atoms with E-state index in [4.69, 9.17) is 19.4 Å². The molecule has 1 saturated carbocycles. The normalized spacial score (nSPS) is 28.5. The zero-order valence-electron chi connectivity index (χ0n) is 21.7. The SMILES string of the molecule is C[C@@H]1CN(c2ncnc3c2C2(CCC2)CN3c2cc(C#N)ccn2)[C@@H](C)CN1C(=O)[C@]1(C)COCCO1. The molecule has 6 rings (SSSR count). The van der Waals surface area contributed by atoms with Crippen LogP contribution in [0, 0.1) is 11.3 Å². The highest BCUT2D eigenvalue weighted by atomic mass is 16.6. The molecule has 3 atom stereocenters. The Hall–Kier alpha value is -3.29. The number of hydrogen-bond acceptors (Lipinski definition) is 9. The van der Waals surface area contributed by atoms with Crippen molar-refractivity contribution in [3.63, 3.8) is 0 Å². The van der Waals surface area contributed by atoms with E-state index in [1.54, 1.807) is 18.6 Å². The highest BCUT2D eigenvalue weighted by Crippen LogP contribution is 2.56. The van der Waals surface area contributed by atoms with Crippen molar-refractivity contribution < 1.29 is 14.3 Å². The number of rotatable bonds is 3. The highest BCUT2D eigenvalue weighted by Gasteiger charge is 2.52. The van der Waals surface area contributed by atoms with Gasteiger partial charge in [0.25, 0.3) is 5.91 Å². The summed E-state index contributed by atoms with van der Waals surface area (Å²) >= 11 is 0. The second kappa shape index (κ2) is 8.92. The van der Waals surface area contributed by atoms with Crippen LogP contribution in [0.25, 0.3) is 0 Å². The van der Waals surface area contributed by atoms with E-state index in [1.165, 1.54) is 12.0 Å². The van der Waals surface area contributed by atoms with Crippen LogP contribution in [0.1, 0.15) is 51.2 Å². The lowest BCUT2D eigenvalue weighted by atomic mass is 9.66. The third-order valence-corrected chi connectivity index (χ3v) is 8.51. The van der Waals surface area contributed by atoms with Crippen LogP contribution in [0.5, 0.6) is 0 Å². The summed E-state index contributed by atoms with van der Waals surface area (Å²) < 4.78 is 11.4. The molecule has 2 aromatic heterocycles. The zero-order chi connectivity index (χ0) is 25.8. The number of ether oxygens (including phenoxy) is 2. The van der Waals surface area contributed by atoms with Crippen molar-refractivity contribution in [1.82, 2.24) is 19.9 Å². The summed E-state index contributed by atoms with van der Waals surface area (Å²) in [5.74, 6) is 2.57. The van der Waals surface area contributed by atoms with Crippen molar-refractivity contribution in [3.8, 4) is 6.07 Å². The average molecular weight is 504 g/mol. The van der Waals surface area contributed by atoms with Crippen LogP contribution < -0.4 is 9.80 Å². The van der Waals surface area contributed by atoms with E-state index < -0.39 is 5.60 Å². The largest absolute Gasteiger partial charge is 0.376 e. The molecule has 0 N–H and O–H groups in total. The van der Waals surface area contributed by atoms with E-state index in [1.807, 2.05) is 17.9 Å². The molecule has 2 aromatic rings. The molecule has 1 aliphatic carbocycles. The predicted molar refractivity (Wildman–Crippen MR) is 137 cm³/mol. The molecule has 0 bridgehead atoms. The van der Waals surface area contributed by atoms with Gasteiger partial charge in [0.1, 0.15) is 23.8 Å². The Kier molecular flexibility index (Phi) is 5.81. The van der Waals surface area contributed by atoms with Crippen LogP contribution in [0.15, 0.2) is 24.7 Å². The van der Waals surface area contributed by atoms with Gasteiger partial charge >= 0.3 is 0 Å². The van der Waals surface area contributed by atoms with E-state index in [0.29, 0.717) is 31.9 Å². The van der Waals surface area contributed by atoms with Gasteiger partial charge in [0.05, 0.1) is 31.5 Å². The summed E-state index contributed by atoms with van der Waals surface area (Å²) in [6.07, 6.45) is 6.64. The first-order valence-electron chi connectivity index (χ1n) is 13.1. The lowest BCUT2D eigenvalue weighted by Gasteiger charge is -2.48. The number of fused-ring (bicyclic) bond motifs is 2. The lowest BCUT2D eigenvalue weighted by Crippen LogP contribution is -2.64. The molecule has 10 heteroatoms. The summed E-state index contributed by atoms with van der Waals surface area (Å²) in [6.45, 7) is 9.36. The smallest absolute Gasteiger partial charge is 0.257 e. The molecule has 5 heterocycles. The number of carbonyl (C=O) groups is 1. The van der Waals surface area contributed by atoms with E-state index in [0.717, 1.165) is 36.8 Å². The third kappa shape index (κ3) is 3.83. The number of amides is 1. The Labute approximate surface area is 217 Å². The summed E-state index contributed by atoms with van der Waals surface area (Å²) in [5, 5.41) is 9.42. The van der Waals surface area contributed by atoms with Gasteiger partial charge in [0.15, 0.2) is 5.60 Å². The van der Waals surface area contributed by atoms with Crippen LogP contribution in [0.3, 0.4) is 0 Å². The average Bonchev–Trinajstić information content (AvgIpc) is 3.26. The van der Waals surface area contributed by atoms with Crippen molar-refractivity contribution in [2.24, 2.45) is 0 Å². The number of nitriles is 1. The summed E-state index contributed by atoms with van der Waals surface area (Å²) in [5.41, 5.74) is 0.804. The second-order valence-electron chi connectivity index (χ2n) is 11.1. The third-order valence-electron chi connectivity index (χ3n) is 8.51. The number of hydrogen-bond donors (Lipinski definition) is 0. The molecule has 3 aliphatic heterocycles. The molecule has 0 aromatic carbocycles. The van der Waals surface area contributed by atoms with Crippen LogP contribution in [0.2, 0.25) is 0 Å². The number of carbonyl (C=O) groups excluding carboxylic acids is 1. The van der Waals surface area contributed by atoms with Crippen molar-refractivity contribution >= 4 is 23.4 Å². The molecular formula is C27H33N7O3. The minimum atomic E-state index is -0.938. The van der Waals surface area contributed by atoms with Crippen LogP contribution in [0.4, 0.5) is 17.5 Å². The minimum Gasteiger partial charge on any atom is -0.376 e. The van der Waals surface area contributed by atoms with Gasteiger partial charge < -0.3 is 24.2 Å². The number of anilines is 3. The fourth-order valence-electron chi connectivity index (χ4n) is 6.32. The van der Waals surface area contributed by atoms with Gasteiger partial charge in [0, 0.05) is 48.9 Å². The minimum absolute atomic E-state index is 0.01000. The van der Waals surface area contributed by atoms with Gasteiger partial charge in [-0.3, -0.25) is 4.79 Å². The van der Waals surface area contributed by atoms with Crippen LogP contribution in [-0.2, 0) is 19.7 Å². The molecule has 10 nitrogen and oxygen atoms in total. The quantitative estimate of drug-likeness (QED) is 0.624. The van der Waals surface area contributed by atoms with Crippen molar-refractivity contribution in [2.45, 2.75) is 63.1 Å². The monoisotopic (exact) mass is 503 g/mol. The maximum absolute atomic E-state index is 13.5. The molecule has 3 fully saturated rings. The molecular weight excluding hydrogens is 470 g/mol. The zero-order valence-corrected chi connectivity index (χ0v) is 21.7. The number of nitrogens with zero attached hydrogens (tertiary/aromatic N) is 7. The summed E-state index contributed by atoms with van der Waals surface area (Å²) in [4.78, 5) is 34.1. The first kappa shape index (κ1) is 24.1. The fourth-order valence-corrected chi connectivity index (χ4v) is 6.32. The maximum atomic E-state index is 13.5. The van der Waals surface area contributed by atoms with Gasteiger partial charge in [-0.15, -0.1) is 0 Å². The lowest BCUT2D eigenvalue weighted by molar-refractivity contribution is -0.185. The van der Waals surface area contributed by atoms with Gasteiger partial charge in [-0.1, -0.05) is 6.42 Å². The first-order valence-corrected chi connectivity index (χ1v) is 13.1. The number of piperazine rings is 1. The molecule has 1 amide bonds. The molecule has 37 heavy (non-hydrogen) atoms. The molecule has 0 unspecified atom stereocenters. The summed E-state index contributed by atoms with van der Waals surface area (Å²) in [7, 11) is 0. The van der Waals surface area contributed by atoms with Crippen molar-refractivity contribution in [3.05, 3.63) is 35.8 Å². The Balaban J connectivity index is 1.32. The Morgan fingerprint density at radius 2 is 1.95 bits per heavy atom. The number of pyridine rings is 1. The fraction of sp³-hybridized carbons (Fsp3) is 0.593. The van der Waals surface area contributed by atoms with Gasteiger partial charge in [-0.2, -0.15) is 5.26 Å². The predicted octanol–water partition coefficient (Wildman–Crippen LogP) is 2.55. The maximum Gasteiger partial charge on any atom is 0.257 e. The van der Waals surface area contributed by atoms with Crippen LogP contribution >= 0.6 is 0 Å². The molecule has 0 radical (unpaired) electrons. The Morgan fingerprint density at radius 3 is 2.65 bits per heavy atom. The summed E-state index contributed by atoms with van der Waals surface area (Å²) in [6, 6.07) is 5.83. The molecule has 2 saturated heterocycles. The Morgan fingerprint density at radius 1 is 1.14 bits per heavy atom. The van der Waals surface area contributed by atoms with Crippen molar-refractivity contribution in [1.29, 1.82) is 5.26 Å². The standard InChI is InChI=1S/C27H33N7O3/c1-18-14-33(25(35)26(3)16-36-9-10-37-26)19(2)13-32(18)23-22-24(31-17-30-23)34(15-27(22)6-4-7-27)21-11-20(12-28)5-8-29-21/h5,8,11,17-19H,4,6-7,9-10,13-16H2,1-3H3/t18-,19+,26-/m0/s1. The number of aromatic nitrogens is 3. The van der Waals surface area contributed by atoms with Crippen LogP contribution in [-0.4, -0.2) is 82.9 Å². The van der Waals surface area contributed by atoms with Gasteiger partial charge in [-0.25, -0.2) is 15.0 Å². The molecule has 4 aliphatic rings. The molecule has 194 valence electrons. The van der Waals surface area contributed by atoms with Gasteiger partial charge in [-0.05, 0) is 45.7 Å². The van der Waals surface area contributed by atoms with E-state index in [2.05, 4.69) is 34.7 Å². The topological polar surface area (TPSA) is 108 Å². The Bertz CT molecular complexity index is 1250. The molecule has 1 spiro atoms. The van der Waals surface area contributed by atoms with E-state index in [9.17, 15) is 10.1 Å². The highest BCUT2D eigenvalue weighted by molar-refractivity contribution is 5.86. The van der Waals surface area contributed by atoms with E-state index in [-0.39, 0.29) is 30.0 Å². The van der Waals surface area contributed by atoms with Gasteiger partial charge in [0.2, 0.25) is 0 Å². The van der Waals surface area contributed by atoms with Crippen molar-refractivity contribution in [2.75, 3.05) is 49.3 Å².